The Hall–Kier alpha value is -2.70. The van der Waals surface area contributed by atoms with Crippen molar-refractivity contribution in [3.63, 3.8) is 0 Å². The van der Waals surface area contributed by atoms with Crippen molar-refractivity contribution >= 4 is 41.4 Å². The standard InChI is InChI=1S/C21H20ClN3O2S/c1-25(2)20-12-9-18(27-20)13-23-24-21(26)16-5-3-15(4-6-16)14-28-19-10-7-17(22)8-11-19/h3-13H,14H2,1-2H3,(H,24,26)/b23-13-. The van der Waals surface area contributed by atoms with E-state index in [2.05, 4.69) is 10.5 Å². The number of anilines is 1. The molecule has 1 N–H and O–H groups in total. The first-order chi connectivity index (χ1) is 13.5. The van der Waals surface area contributed by atoms with E-state index in [1.165, 1.54) is 6.21 Å². The third-order valence-electron chi connectivity index (χ3n) is 3.85. The second-order valence-corrected chi connectivity index (χ2v) is 7.69. The number of furan rings is 1. The topological polar surface area (TPSA) is 57.8 Å². The number of hydrogen-bond acceptors (Lipinski definition) is 5. The molecule has 5 nitrogen and oxygen atoms in total. The van der Waals surface area contributed by atoms with E-state index in [4.69, 9.17) is 16.0 Å². The predicted molar refractivity (Wildman–Crippen MR) is 116 cm³/mol. The highest BCUT2D eigenvalue weighted by molar-refractivity contribution is 7.98. The van der Waals surface area contributed by atoms with Gasteiger partial charge in [0.05, 0.1) is 6.21 Å². The molecular weight excluding hydrogens is 394 g/mol. The van der Waals surface area contributed by atoms with Crippen molar-refractivity contribution in [2.45, 2.75) is 10.6 Å². The third kappa shape index (κ3) is 5.65. The molecule has 1 aromatic heterocycles. The Balaban J connectivity index is 1.51. The SMILES string of the molecule is CN(C)c1ccc(/C=N\NC(=O)c2ccc(CSc3ccc(Cl)cc3)cc2)o1. The summed E-state index contributed by atoms with van der Waals surface area (Å²) in [5.41, 5.74) is 4.19. The number of carbonyl (C=O) groups excluding carboxylic acids is 1. The number of hydrogen-bond donors (Lipinski definition) is 1. The lowest BCUT2D eigenvalue weighted by molar-refractivity contribution is 0.0955. The lowest BCUT2D eigenvalue weighted by atomic mass is 10.1. The van der Waals surface area contributed by atoms with Gasteiger partial charge in [0.25, 0.3) is 5.91 Å². The van der Waals surface area contributed by atoms with Crippen LogP contribution in [0.2, 0.25) is 5.02 Å². The molecule has 0 saturated carbocycles. The van der Waals surface area contributed by atoms with Gasteiger partial charge in [0.1, 0.15) is 5.76 Å². The minimum Gasteiger partial charge on any atom is -0.440 e. The summed E-state index contributed by atoms with van der Waals surface area (Å²) in [6.07, 6.45) is 1.47. The molecule has 0 spiro atoms. The van der Waals surface area contributed by atoms with Crippen molar-refractivity contribution < 1.29 is 9.21 Å². The average molecular weight is 414 g/mol. The molecule has 0 fully saturated rings. The fourth-order valence-corrected chi connectivity index (χ4v) is 3.30. The second kappa shape index (κ2) is 9.48. The van der Waals surface area contributed by atoms with Crippen molar-refractivity contribution in [3.05, 3.63) is 82.6 Å². The highest BCUT2D eigenvalue weighted by atomic mass is 35.5. The van der Waals surface area contributed by atoms with Gasteiger partial charge in [-0.25, -0.2) is 5.43 Å². The maximum absolute atomic E-state index is 12.2. The van der Waals surface area contributed by atoms with E-state index >= 15 is 0 Å². The van der Waals surface area contributed by atoms with Crippen LogP contribution in [0.25, 0.3) is 0 Å². The first kappa shape index (κ1) is 20.0. The van der Waals surface area contributed by atoms with E-state index in [1.54, 1.807) is 30.0 Å². The van der Waals surface area contributed by atoms with Crippen LogP contribution in [0.3, 0.4) is 0 Å². The molecule has 3 rings (SSSR count). The van der Waals surface area contributed by atoms with E-state index in [0.29, 0.717) is 11.3 Å². The lowest BCUT2D eigenvalue weighted by Crippen LogP contribution is -2.17. The van der Waals surface area contributed by atoms with Crippen molar-refractivity contribution in [3.8, 4) is 0 Å². The fraction of sp³-hybridized carbons (Fsp3) is 0.143. The largest absolute Gasteiger partial charge is 0.440 e. The Morgan fingerprint density at radius 1 is 1.11 bits per heavy atom. The summed E-state index contributed by atoms with van der Waals surface area (Å²) in [5, 5.41) is 4.67. The van der Waals surface area contributed by atoms with Crippen molar-refractivity contribution in [2.24, 2.45) is 5.10 Å². The lowest BCUT2D eigenvalue weighted by Gasteiger charge is -2.05. The number of benzene rings is 2. The summed E-state index contributed by atoms with van der Waals surface area (Å²) in [6, 6.07) is 18.8. The van der Waals surface area contributed by atoms with Crippen LogP contribution >= 0.6 is 23.4 Å². The van der Waals surface area contributed by atoms with Gasteiger partial charge in [0, 0.05) is 41.4 Å². The molecule has 2 aromatic carbocycles. The van der Waals surface area contributed by atoms with E-state index in [9.17, 15) is 4.79 Å². The highest BCUT2D eigenvalue weighted by Gasteiger charge is 2.05. The number of amides is 1. The molecule has 1 amide bonds. The molecule has 3 aromatic rings. The van der Waals surface area contributed by atoms with Crippen LogP contribution in [-0.2, 0) is 5.75 Å². The van der Waals surface area contributed by atoms with Crippen molar-refractivity contribution in [2.75, 3.05) is 19.0 Å². The van der Waals surface area contributed by atoms with Gasteiger partial charge in [-0.2, -0.15) is 5.10 Å². The Morgan fingerprint density at radius 2 is 1.82 bits per heavy atom. The fourth-order valence-electron chi connectivity index (χ4n) is 2.32. The van der Waals surface area contributed by atoms with E-state index < -0.39 is 0 Å². The predicted octanol–water partition coefficient (Wildman–Crippen LogP) is 5.06. The number of rotatable bonds is 7. The molecule has 0 aliphatic heterocycles. The monoisotopic (exact) mass is 413 g/mol. The number of nitrogens with one attached hydrogen (secondary N) is 1. The van der Waals surface area contributed by atoms with Crippen LogP contribution in [0.5, 0.6) is 0 Å². The third-order valence-corrected chi connectivity index (χ3v) is 5.18. The van der Waals surface area contributed by atoms with Gasteiger partial charge in [0.2, 0.25) is 0 Å². The number of nitrogens with zero attached hydrogens (tertiary/aromatic N) is 2. The van der Waals surface area contributed by atoms with Crippen LogP contribution in [0.15, 0.2) is 75.1 Å². The molecule has 0 saturated heterocycles. The van der Waals surface area contributed by atoms with Gasteiger partial charge in [0.15, 0.2) is 5.88 Å². The first-order valence-electron chi connectivity index (χ1n) is 8.59. The van der Waals surface area contributed by atoms with Gasteiger partial charge in [-0.3, -0.25) is 4.79 Å². The van der Waals surface area contributed by atoms with Gasteiger partial charge < -0.3 is 9.32 Å². The van der Waals surface area contributed by atoms with E-state index in [1.807, 2.05) is 61.5 Å². The summed E-state index contributed by atoms with van der Waals surface area (Å²) in [6.45, 7) is 0. The second-order valence-electron chi connectivity index (χ2n) is 6.21. The Morgan fingerprint density at radius 3 is 2.46 bits per heavy atom. The maximum Gasteiger partial charge on any atom is 0.271 e. The summed E-state index contributed by atoms with van der Waals surface area (Å²) >= 11 is 7.61. The average Bonchev–Trinajstić information content (AvgIpc) is 3.17. The molecule has 7 heteroatoms. The van der Waals surface area contributed by atoms with E-state index in [-0.39, 0.29) is 5.91 Å². The molecule has 1 heterocycles. The highest BCUT2D eigenvalue weighted by Crippen LogP contribution is 2.24. The molecule has 0 unspecified atom stereocenters. The molecular formula is C21H20ClN3O2S. The number of hydrazone groups is 1. The van der Waals surface area contributed by atoms with Crippen LogP contribution in [0, 0.1) is 0 Å². The zero-order valence-electron chi connectivity index (χ0n) is 15.6. The minimum absolute atomic E-state index is 0.271. The molecule has 0 aliphatic rings. The summed E-state index contributed by atoms with van der Waals surface area (Å²) in [7, 11) is 3.78. The van der Waals surface area contributed by atoms with Crippen molar-refractivity contribution in [1.82, 2.24) is 5.43 Å². The van der Waals surface area contributed by atoms with Crippen LogP contribution < -0.4 is 10.3 Å². The zero-order chi connectivity index (χ0) is 19.9. The number of halogens is 1. The summed E-state index contributed by atoms with van der Waals surface area (Å²) in [5.74, 6) is 1.83. The molecule has 144 valence electrons. The summed E-state index contributed by atoms with van der Waals surface area (Å²) in [4.78, 5) is 15.2. The molecule has 28 heavy (non-hydrogen) atoms. The summed E-state index contributed by atoms with van der Waals surface area (Å²) < 4.78 is 5.53. The van der Waals surface area contributed by atoms with Gasteiger partial charge >= 0.3 is 0 Å². The normalized spacial score (nSPS) is 11.0. The van der Waals surface area contributed by atoms with Gasteiger partial charge in [-0.05, 0) is 48.0 Å². The Labute approximate surface area is 173 Å². The van der Waals surface area contributed by atoms with E-state index in [0.717, 1.165) is 27.1 Å². The van der Waals surface area contributed by atoms with Gasteiger partial charge in [-0.1, -0.05) is 23.7 Å². The Kier molecular flexibility index (Phi) is 6.79. The molecule has 0 radical (unpaired) electrons. The number of carbonyl (C=O) groups is 1. The van der Waals surface area contributed by atoms with Crippen LogP contribution in [-0.4, -0.2) is 26.2 Å². The van der Waals surface area contributed by atoms with Crippen LogP contribution in [0.1, 0.15) is 21.7 Å². The molecule has 0 bridgehead atoms. The van der Waals surface area contributed by atoms with Crippen molar-refractivity contribution in [1.29, 1.82) is 0 Å². The molecule has 0 atom stereocenters. The quantitative estimate of drug-likeness (QED) is 0.334. The maximum atomic E-state index is 12.2. The smallest absolute Gasteiger partial charge is 0.271 e. The minimum atomic E-state index is -0.271. The van der Waals surface area contributed by atoms with Crippen LogP contribution in [0.4, 0.5) is 5.88 Å². The first-order valence-corrected chi connectivity index (χ1v) is 9.95. The zero-order valence-corrected chi connectivity index (χ0v) is 17.1. The van der Waals surface area contributed by atoms with Gasteiger partial charge in [-0.15, -0.1) is 11.8 Å². The molecule has 0 aliphatic carbocycles. The Bertz CT molecular complexity index is 951. The number of thioether (sulfide) groups is 1.